The van der Waals surface area contributed by atoms with Crippen LogP contribution >= 0.6 is 11.8 Å². The number of fused-ring (bicyclic) bond motifs is 1. The zero-order chi connectivity index (χ0) is 14.7. The van der Waals surface area contributed by atoms with E-state index in [4.69, 9.17) is 9.52 Å². The van der Waals surface area contributed by atoms with Gasteiger partial charge in [-0.1, -0.05) is 0 Å². The molecule has 2 aromatic rings. The second-order valence-corrected chi connectivity index (χ2v) is 5.71. The number of hydrogen-bond donors (Lipinski definition) is 1. The molecule has 0 saturated carbocycles. The SMILES string of the molecule is CSCCC(C)N(C)c1nc2ccc(C(=O)O)cc2o1. The van der Waals surface area contributed by atoms with Crippen LogP contribution in [0.1, 0.15) is 23.7 Å². The molecule has 1 aromatic heterocycles. The number of carboxylic acid groups (broad SMARTS) is 1. The van der Waals surface area contributed by atoms with Gasteiger partial charge in [-0.15, -0.1) is 0 Å². The van der Waals surface area contributed by atoms with Gasteiger partial charge in [-0.3, -0.25) is 0 Å². The Hall–Kier alpha value is -1.69. The van der Waals surface area contributed by atoms with Crippen molar-refractivity contribution >= 4 is 34.8 Å². The average Bonchev–Trinajstić information content (AvgIpc) is 2.86. The highest BCUT2D eigenvalue weighted by Gasteiger charge is 2.16. The van der Waals surface area contributed by atoms with E-state index in [2.05, 4.69) is 18.2 Å². The fourth-order valence-electron chi connectivity index (χ4n) is 1.87. The Morgan fingerprint density at radius 3 is 2.95 bits per heavy atom. The molecule has 0 radical (unpaired) electrons. The lowest BCUT2D eigenvalue weighted by molar-refractivity contribution is 0.0697. The van der Waals surface area contributed by atoms with E-state index >= 15 is 0 Å². The molecule has 0 aliphatic rings. The third-order valence-electron chi connectivity index (χ3n) is 3.33. The maximum atomic E-state index is 10.9. The van der Waals surface area contributed by atoms with E-state index < -0.39 is 5.97 Å². The molecule has 0 spiro atoms. The summed E-state index contributed by atoms with van der Waals surface area (Å²) in [5.74, 6) is 0.112. The minimum Gasteiger partial charge on any atom is -0.478 e. The molecular formula is C14H18N2O3S. The number of anilines is 1. The molecular weight excluding hydrogens is 276 g/mol. The highest BCUT2D eigenvalue weighted by Crippen LogP contribution is 2.24. The Kier molecular flexibility index (Phi) is 4.54. The fourth-order valence-corrected chi connectivity index (χ4v) is 2.44. The van der Waals surface area contributed by atoms with Gasteiger partial charge in [-0.05, 0) is 43.6 Å². The first-order chi connectivity index (χ1) is 9.52. The van der Waals surface area contributed by atoms with E-state index in [0.29, 0.717) is 23.2 Å². The lowest BCUT2D eigenvalue weighted by Crippen LogP contribution is -2.29. The predicted octanol–water partition coefficient (Wildman–Crippen LogP) is 3.10. The average molecular weight is 294 g/mol. The van der Waals surface area contributed by atoms with Crippen LogP contribution in [-0.4, -0.2) is 41.2 Å². The summed E-state index contributed by atoms with van der Waals surface area (Å²) in [6.45, 7) is 2.12. The van der Waals surface area contributed by atoms with Gasteiger partial charge in [0.1, 0.15) is 5.52 Å². The molecule has 1 N–H and O–H groups in total. The molecule has 2 rings (SSSR count). The predicted molar refractivity (Wildman–Crippen MR) is 81.8 cm³/mol. The molecule has 5 nitrogen and oxygen atoms in total. The second kappa shape index (κ2) is 6.17. The molecule has 0 aliphatic carbocycles. The Bertz CT molecular complexity index is 611. The van der Waals surface area contributed by atoms with Gasteiger partial charge in [0.05, 0.1) is 5.56 Å². The van der Waals surface area contributed by atoms with Crippen molar-refractivity contribution in [2.75, 3.05) is 24.0 Å². The summed E-state index contributed by atoms with van der Waals surface area (Å²) in [5, 5.41) is 8.97. The molecule has 0 bridgehead atoms. The zero-order valence-corrected chi connectivity index (χ0v) is 12.6. The summed E-state index contributed by atoms with van der Waals surface area (Å²) < 4.78 is 5.67. The molecule has 20 heavy (non-hydrogen) atoms. The third kappa shape index (κ3) is 3.07. The first kappa shape index (κ1) is 14.7. The Balaban J connectivity index is 2.24. The molecule has 1 unspecified atom stereocenters. The van der Waals surface area contributed by atoms with Crippen LogP contribution in [0.15, 0.2) is 22.6 Å². The van der Waals surface area contributed by atoms with Gasteiger partial charge in [0, 0.05) is 13.1 Å². The lowest BCUT2D eigenvalue weighted by atomic mass is 10.2. The van der Waals surface area contributed by atoms with E-state index in [1.165, 1.54) is 12.1 Å². The van der Waals surface area contributed by atoms with Crippen LogP contribution < -0.4 is 4.90 Å². The van der Waals surface area contributed by atoms with E-state index in [1.54, 1.807) is 6.07 Å². The van der Waals surface area contributed by atoms with E-state index in [0.717, 1.165) is 12.2 Å². The standard InChI is InChI=1S/C14H18N2O3S/c1-9(6-7-20-3)16(2)14-15-11-5-4-10(13(17)18)8-12(11)19-14/h4-5,8-9H,6-7H2,1-3H3,(H,17,18). The van der Waals surface area contributed by atoms with Crippen LogP contribution in [0.2, 0.25) is 0 Å². The van der Waals surface area contributed by atoms with Crippen molar-refractivity contribution in [1.29, 1.82) is 0 Å². The Morgan fingerprint density at radius 2 is 2.30 bits per heavy atom. The first-order valence-corrected chi connectivity index (χ1v) is 7.78. The van der Waals surface area contributed by atoms with E-state index in [9.17, 15) is 4.79 Å². The first-order valence-electron chi connectivity index (χ1n) is 6.38. The normalized spacial score (nSPS) is 12.6. The summed E-state index contributed by atoms with van der Waals surface area (Å²) >= 11 is 1.81. The molecule has 0 saturated heterocycles. The molecule has 108 valence electrons. The number of aromatic nitrogens is 1. The van der Waals surface area contributed by atoms with Gasteiger partial charge < -0.3 is 14.4 Å². The number of aromatic carboxylic acids is 1. The quantitative estimate of drug-likeness (QED) is 0.883. The van der Waals surface area contributed by atoms with E-state index in [1.807, 2.05) is 23.7 Å². The van der Waals surface area contributed by atoms with Crippen molar-refractivity contribution in [2.24, 2.45) is 0 Å². The molecule has 1 atom stereocenters. The summed E-state index contributed by atoms with van der Waals surface area (Å²) in [5.41, 5.74) is 1.39. The van der Waals surface area contributed by atoms with Crippen molar-refractivity contribution in [3.63, 3.8) is 0 Å². The van der Waals surface area contributed by atoms with Gasteiger partial charge in [-0.2, -0.15) is 16.7 Å². The van der Waals surface area contributed by atoms with Crippen LogP contribution in [-0.2, 0) is 0 Å². The van der Waals surface area contributed by atoms with Crippen LogP contribution in [0.3, 0.4) is 0 Å². The summed E-state index contributed by atoms with van der Waals surface area (Å²) in [6.07, 6.45) is 3.12. The Morgan fingerprint density at radius 1 is 1.55 bits per heavy atom. The minimum atomic E-state index is -0.966. The number of hydrogen-bond acceptors (Lipinski definition) is 5. The van der Waals surface area contributed by atoms with Crippen LogP contribution in [0.4, 0.5) is 6.01 Å². The minimum absolute atomic E-state index is 0.207. The van der Waals surface area contributed by atoms with Crippen molar-refractivity contribution in [3.8, 4) is 0 Å². The van der Waals surface area contributed by atoms with Crippen LogP contribution in [0.5, 0.6) is 0 Å². The molecule has 1 aromatic carbocycles. The number of thioether (sulfide) groups is 1. The molecule has 6 heteroatoms. The molecule has 0 amide bonds. The highest BCUT2D eigenvalue weighted by molar-refractivity contribution is 7.98. The smallest absolute Gasteiger partial charge is 0.335 e. The van der Waals surface area contributed by atoms with Crippen molar-refractivity contribution < 1.29 is 14.3 Å². The van der Waals surface area contributed by atoms with Crippen LogP contribution in [0, 0.1) is 0 Å². The number of nitrogens with zero attached hydrogens (tertiary/aromatic N) is 2. The fraction of sp³-hybridized carbons (Fsp3) is 0.429. The number of benzene rings is 1. The topological polar surface area (TPSA) is 66.6 Å². The second-order valence-electron chi connectivity index (χ2n) is 4.73. The number of oxazole rings is 1. The van der Waals surface area contributed by atoms with Gasteiger partial charge in [-0.25, -0.2) is 4.79 Å². The van der Waals surface area contributed by atoms with Crippen molar-refractivity contribution in [3.05, 3.63) is 23.8 Å². The maximum absolute atomic E-state index is 10.9. The molecule has 1 heterocycles. The van der Waals surface area contributed by atoms with E-state index in [-0.39, 0.29) is 5.56 Å². The van der Waals surface area contributed by atoms with Crippen molar-refractivity contribution in [2.45, 2.75) is 19.4 Å². The number of carbonyl (C=O) groups is 1. The summed E-state index contributed by atoms with van der Waals surface area (Å²) in [7, 11) is 1.94. The van der Waals surface area contributed by atoms with Crippen LogP contribution in [0.25, 0.3) is 11.1 Å². The van der Waals surface area contributed by atoms with Gasteiger partial charge in [0.2, 0.25) is 0 Å². The molecule has 0 aliphatic heterocycles. The monoisotopic (exact) mass is 294 g/mol. The maximum Gasteiger partial charge on any atom is 0.335 e. The zero-order valence-electron chi connectivity index (χ0n) is 11.8. The number of carboxylic acids is 1. The van der Waals surface area contributed by atoms with Gasteiger partial charge >= 0.3 is 5.97 Å². The Labute approximate surface area is 122 Å². The largest absolute Gasteiger partial charge is 0.478 e. The van der Waals surface area contributed by atoms with Gasteiger partial charge in [0.15, 0.2) is 5.58 Å². The highest BCUT2D eigenvalue weighted by atomic mass is 32.2. The molecule has 0 fully saturated rings. The third-order valence-corrected chi connectivity index (χ3v) is 3.97. The number of rotatable bonds is 6. The summed E-state index contributed by atoms with van der Waals surface area (Å²) in [4.78, 5) is 17.3. The van der Waals surface area contributed by atoms with Crippen molar-refractivity contribution in [1.82, 2.24) is 4.98 Å². The summed E-state index contributed by atoms with van der Waals surface area (Å²) in [6, 6.07) is 5.56. The lowest BCUT2D eigenvalue weighted by Gasteiger charge is -2.22. The van der Waals surface area contributed by atoms with Gasteiger partial charge in [0.25, 0.3) is 6.01 Å².